The first-order chi connectivity index (χ1) is 23.9. The van der Waals surface area contributed by atoms with E-state index >= 15 is 0 Å². The lowest BCUT2D eigenvalue weighted by Gasteiger charge is -2.37. The second-order valence-corrected chi connectivity index (χ2v) is 14.8. The highest BCUT2D eigenvalue weighted by atomic mass is 31.2. The summed E-state index contributed by atoms with van der Waals surface area (Å²) in [5.74, 6) is -3.50. The molecule has 2 unspecified atom stereocenters. The molecule has 0 aliphatic carbocycles. The zero-order chi connectivity index (χ0) is 36.3. The molecule has 0 amide bonds. The van der Waals surface area contributed by atoms with Gasteiger partial charge in [-0.15, -0.1) is 0 Å². The Morgan fingerprint density at radius 3 is 1.80 bits per heavy atom. The van der Waals surface area contributed by atoms with Gasteiger partial charge in [0.2, 0.25) is 6.10 Å². The van der Waals surface area contributed by atoms with Crippen molar-refractivity contribution in [2.45, 2.75) is 50.4 Å². The summed E-state index contributed by atoms with van der Waals surface area (Å²) in [6, 6.07) is 28.6. The van der Waals surface area contributed by atoms with Gasteiger partial charge in [0.1, 0.15) is 5.60 Å². The van der Waals surface area contributed by atoms with E-state index in [9.17, 15) is 24.1 Å². The van der Waals surface area contributed by atoms with Crippen molar-refractivity contribution in [3.8, 4) is 0 Å². The molecule has 50 heavy (non-hydrogen) atoms. The normalized spacial score (nSPS) is 15.6. The third kappa shape index (κ3) is 8.81. The largest absolute Gasteiger partial charge is 0.490 e. The predicted molar refractivity (Wildman–Crippen MR) is 186 cm³/mol. The van der Waals surface area contributed by atoms with Crippen LogP contribution in [0.25, 0.3) is 0 Å². The number of carboxylic acids is 1. The van der Waals surface area contributed by atoms with Crippen molar-refractivity contribution in [3.05, 3.63) is 119 Å². The molecule has 12 nitrogen and oxygen atoms in total. The van der Waals surface area contributed by atoms with Gasteiger partial charge in [-0.1, -0.05) is 104 Å². The van der Waals surface area contributed by atoms with Crippen LogP contribution in [0.5, 0.6) is 0 Å². The Kier molecular flexibility index (Phi) is 13.4. The minimum Gasteiger partial charge on any atom is -0.490 e. The summed E-state index contributed by atoms with van der Waals surface area (Å²) in [7, 11) is 2.43. The Morgan fingerprint density at radius 2 is 1.36 bits per heavy atom. The van der Waals surface area contributed by atoms with E-state index in [1.165, 1.54) is 9.34 Å². The van der Waals surface area contributed by atoms with Crippen LogP contribution >= 0.6 is 7.67 Å². The van der Waals surface area contributed by atoms with Crippen LogP contribution < -0.4 is 0 Å². The number of benzene rings is 3. The van der Waals surface area contributed by atoms with Crippen LogP contribution in [0.3, 0.4) is 0 Å². The minimum absolute atomic E-state index is 0.100. The average molecular weight is 709 g/mol. The van der Waals surface area contributed by atoms with Gasteiger partial charge in [0.25, 0.3) is 5.76 Å². The molecule has 0 saturated heterocycles. The highest BCUT2D eigenvalue weighted by molar-refractivity contribution is 7.54. The first-order valence-corrected chi connectivity index (χ1v) is 17.9. The number of rotatable bonds is 19. The zero-order valence-corrected chi connectivity index (χ0v) is 29.9. The molecule has 3 aromatic rings. The van der Waals surface area contributed by atoms with Crippen molar-refractivity contribution in [1.82, 2.24) is 9.34 Å². The third-order valence-corrected chi connectivity index (χ3v) is 10.5. The Hall–Kier alpha value is -4.48. The molecule has 13 heteroatoms. The molecule has 1 N–H and O–H groups in total. The van der Waals surface area contributed by atoms with Gasteiger partial charge in [-0.25, -0.2) is 18.7 Å². The molecule has 3 aromatic carbocycles. The van der Waals surface area contributed by atoms with Crippen LogP contribution in [0.4, 0.5) is 0 Å². The summed E-state index contributed by atoms with van der Waals surface area (Å²) in [6.07, 6.45) is -2.26. The van der Waals surface area contributed by atoms with Crippen molar-refractivity contribution >= 4 is 25.6 Å². The van der Waals surface area contributed by atoms with Crippen molar-refractivity contribution in [2.75, 3.05) is 41.4 Å². The number of hydrogen-bond acceptors (Lipinski definition) is 9. The molecule has 1 heterocycles. The molecule has 0 spiro atoms. The van der Waals surface area contributed by atoms with Crippen LogP contribution in [0.2, 0.25) is 0 Å². The molecule has 0 aromatic heterocycles. The van der Waals surface area contributed by atoms with Crippen LogP contribution in [0.1, 0.15) is 49.3 Å². The number of aliphatic carboxylic acids is 1. The fourth-order valence-electron chi connectivity index (χ4n) is 5.49. The number of ether oxygens (including phenoxy) is 4. The predicted octanol–water partition coefficient (Wildman–Crippen LogP) is 5.97. The molecule has 1 aliphatic heterocycles. The van der Waals surface area contributed by atoms with Gasteiger partial charge in [0.15, 0.2) is 11.9 Å². The number of esters is 2. The summed E-state index contributed by atoms with van der Waals surface area (Å²) >= 11 is 0. The molecule has 0 bridgehead atoms. The lowest BCUT2D eigenvalue weighted by atomic mass is 9.80. The van der Waals surface area contributed by atoms with E-state index in [-0.39, 0.29) is 19.0 Å². The maximum atomic E-state index is 13.9. The second kappa shape index (κ2) is 17.4. The average Bonchev–Trinajstić information content (AvgIpc) is 3.42. The van der Waals surface area contributed by atoms with Gasteiger partial charge >= 0.3 is 25.6 Å². The van der Waals surface area contributed by atoms with E-state index in [4.69, 9.17) is 23.5 Å². The van der Waals surface area contributed by atoms with Crippen molar-refractivity contribution < 1.29 is 47.5 Å². The Labute approximate surface area is 293 Å². The Morgan fingerprint density at radius 1 is 0.860 bits per heavy atom. The lowest BCUT2D eigenvalue weighted by Crippen LogP contribution is -2.42. The molecular weight excluding hydrogens is 663 g/mol. The van der Waals surface area contributed by atoms with Gasteiger partial charge in [-0.3, -0.25) is 9.59 Å². The number of carbonyl (C=O) groups excluding carboxylic acids is 2. The van der Waals surface area contributed by atoms with E-state index in [0.717, 1.165) is 23.1 Å². The second-order valence-electron chi connectivity index (χ2n) is 12.0. The number of carboxylic acid groups (broad SMARTS) is 1. The van der Waals surface area contributed by atoms with Gasteiger partial charge in [0, 0.05) is 0 Å². The quantitative estimate of drug-likeness (QED) is 0.0679. The van der Waals surface area contributed by atoms with E-state index in [1.807, 2.05) is 97.9 Å². The number of nitrogens with zero attached hydrogens (tertiary/aromatic N) is 2. The topological polar surface area (TPSA) is 141 Å². The first-order valence-electron chi connectivity index (χ1n) is 16.4. The smallest absolute Gasteiger partial charge is 0.395 e. The van der Waals surface area contributed by atoms with Crippen molar-refractivity contribution in [2.24, 2.45) is 0 Å². The molecule has 4 rings (SSSR count). The van der Waals surface area contributed by atoms with Gasteiger partial charge in [-0.05, 0) is 51.3 Å². The van der Waals surface area contributed by atoms with E-state index < -0.39 is 62.0 Å². The highest BCUT2D eigenvalue weighted by Crippen LogP contribution is 2.54. The lowest BCUT2D eigenvalue weighted by molar-refractivity contribution is -0.171. The highest BCUT2D eigenvalue weighted by Gasteiger charge is 2.49. The third-order valence-electron chi connectivity index (χ3n) is 8.05. The maximum Gasteiger partial charge on any atom is 0.395 e. The molecule has 268 valence electrons. The molecule has 0 saturated carbocycles. The van der Waals surface area contributed by atoms with Gasteiger partial charge in [-0.2, -0.15) is 0 Å². The molecule has 0 radical (unpaired) electrons. The van der Waals surface area contributed by atoms with Crippen LogP contribution in [-0.2, 0) is 48.0 Å². The summed E-state index contributed by atoms with van der Waals surface area (Å²) in [5.41, 5.74) is 1.08. The molecular formula is C37H45N2O10P. The van der Waals surface area contributed by atoms with Gasteiger partial charge < -0.3 is 28.6 Å². The molecule has 2 atom stereocenters. The SMILES string of the molecule is CCCCOC1=C(OP(=O)(N(C)C)N(C)C)C(=O)OC1C(COC(c1ccccc1)(c1ccccc1)c1ccccc1)OC(=O)CCC(=O)O. The fraction of sp³-hybridized carbons (Fsp3) is 0.378. The first kappa shape index (κ1) is 38.3. The van der Waals surface area contributed by atoms with Crippen LogP contribution in [0.15, 0.2) is 103 Å². The number of cyclic esters (lactones) is 1. The minimum atomic E-state index is -3.77. The van der Waals surface area contributed by atoms with E-state index in [2.05, 4.69) is 0 Å². The Balaban J connectivity index is 1.85. The van der Waals surface area contributed by atoms with Crippen molar-refractivity contribution in [1.29, 1.82) is 0 Å². The Bertz CT molecular complexity index is 1560. The molecule has 1 aliphatic rings. The summed E-state index contributed by atoms with van der Waals surface area (Å²) in [5, 5.41) is 9.25. The number of unbranched alkanes of at least 4 members (excludes halogenated alkanes) is 1. The summed E-state index contributed by atoms with van der Waals surface area (Å²) < 4.78 is 47.2. The summed E-state index contributed by atoms with van der Waals surface area (Å²) in [6.45, 7) is 1.78. The summed E-state index contributed by atoms with van der Waals surface area (Å²) in [4.78, 5) is 38.0. The van der Waals surface area contributed by atoms with Crippen LogP contribution in [-0.4, -0.2) is 86.0 Å². The zero-order valence-electron chi connectivity index (χ0n) is 29.0. The number of hydrogen-bond donors (Lipinski definition) is 1. The standard InChI is InChI=1S/C37H45N2O10P/c1-6-7-25-45-34-33(48-36(43)35(34)49-50(44,38(2)3)39(4)5)30(47-32(42)24-23-31(40)41)26-46-37(27-17-11-8-12-18-27,28-19-13-9-14-20-28)29-21-15-10-16-22-29/h8-22,30,33H,6-7,23-26H2,1-5H3,(H,40,41). The van der Waals surface area contributed by atoms with Crippen LogP contribution in [0, 0.1) is 0 Å². The van der Waals surface area contributed by atoms with Crippen molar-refractivity contribution in [3.63, 3.8) is 0 Å². The van der Waals surface area contributed by atoms with E-state index in [0.29, 0.717) is 6.42 Å². The molecule has 0 fully saturated rings. The van der Waals surface area contributed by atoms with E-state index in [1.54, 1.807) is 28.2 Å². The monoisotopic (exact) mass is 708 g/mol. The maximum absolute atomic E-state index is 13.9. The number of carbonyl (C=O) groups is 3. The fourth-order valence-corrected chi connectivity index (χ4v) is 6.93. The van der Waals surface area contributed by atoms with Gasteiger partial charge in [0.05, 0.1) is 26.1 Å².